The third-order valence-electron chi connectivity index (χ3n) is 6.19. The van der Waals surface area contributed by atoms with E-state index in [1.807, 2.05) is 86.6 Å². The van der Waals surface area contributed by atoms with Crippen molar-refractivity contribution in [3.63, 3.8) is 0 Å². The summed E-state index contributed by atoms with van der Waals surface area (Å²) in [6.07, 6.45) is 0. The second-order valence-corrected chi connectivity index (χ2v) is 8.30. The number of benzene rings is 4. The predicted octanol–water partition coefficient (Wildman–Crippen LogP) is 7.49. The fourth-order valence-corrected chi connectivity index (χ4v) is 4.46. The summed E-state index contributed by atoms with van der Waals surface area (Å²) >= 11 is 0. The largest absolute Gasteiger partial charge is 0.496 e. The zero-order valence-electron chi connectivity index (χ0n) is 21.6. The molecule has 0 aromatic heterocycles. The summed E-state index contributed by atoms with van der Waals surface area (Å²) < 4.78 is 23.7. The van der Waals surface area contributed by atoms with Crippen LogP contribution >= 0.6 is 0 Å². The Balaban J connectivity index is 2.01. The molecule has 2 N–H and O–H groups in total. The third-order valence-corrected chi connectivity index (χ3v) is 6.19. The first-order chi connectivity index (χ1) is 17.5. The van der Waals surface area contributed by atoms with Crippen molar-refractivity contribution in [3.8, 4) is 34.1 Å². The molecule has 0 aliphatic heterocycles. The number of anilines is 4. The van der Waals surface area contributed by atoms with E-state index >= 15 is 0 Å². The fourth-order valence-electron chi connectivity index (χ4n) is 4.46. The van der Waals surface area contributed by atoms with Gasteiger partial charge in [-0.05, 0) is 38.1 Å². The average Bonchev–Trinajstić information content (AvgIpc) is 2.91. The van der Waals surface area contributed by atoms with Gasteiger partial charge in [0.2, 0.25) is 0 Å². The van der Waals surface area contributed by atoms with Crippen LogP contribution in [0.4, 0.5) is 22.7 Å². The van der Waals surface area contributed by atoms with Crippen molar-refractivity contribution < 1.29 is 18.9 Å². The van der Waals surface area contributed by atoms with Crippen molar-refractivity contribution in [2.24, 2.45) is 0 Å². The van der Waals surface area contributed by atoms with Gasteiger partial charge in [-0.25, -0.2) is 0 Å². The summed E-state index contributed by atoms with van der Waals surface area (Å²) in [5.74, 6) is 2.81. The molecule has 0 saturated heterocycles. The third kappa shape index (κ3) is 4.75. The van der Waals surface area contributed by atoms with Gasteiger partial charge in [-0.15, -0.1) is 0 Å². The quantitative estimate of drug-likeness (QED) is 0.257. The normalized spacial score (nSPS) is 10.5. The highest BCUT2D eigenvalue weighted by molar-refractivity contribution is 5.93. The maximum absolute atomic E-state index is 6.03. The lowest BCUT2D eigenvalue weighted by molar-refractivity contribution is 0.398. The van der Waals surface area contributed by atoms with Gasteiger partial charge in [-0.2, -0.15) is 0 Å². The summed E-state index contributed by atoms with van der Waals surface area (Å²) in [6, 6.07) is 23.8. The molecule has 186 valence electrons. The second kappa shape index (κ2) is 11.0. The van der Waals surface area contributed by atoms with Crippen molar-refractivity contribution in [1.29, 1.82) is 0 Å². The Kier molecular flexibility index (Phi) is 7.54. The van der Waals surface area contributed by atoms with Crippen LogP contribution in [0.1, 0.15) is 11.1 Å². The van der Waals surface area contributed by atoms with Gasteiger partial charge in [-0.3, -0.25) is 0 Å². The molecule has 0 spiro atoms. The van der Waals surface area contributed by atoms with Crippen molar-refractivity contribution in [1.82, 2.24) is 0 Å². The van der Waals surface area contributed by atoms with Gasteiger partial charge in [-0.1, -0.05) is 36.4 Å². The standard InChI is InChI=1S/C30H32N2O4/c1-19-25(33-3)17-23(31-21-13-9-7-10-14-21)29(35-5)27(19)28-20(2)26(34-4)18-24(30(28)36-6)32-22-15-11-8-12-16-22/h7-18,31-32H,1-6H3. The molecule has 6 heteroatoms. The second-order valence-electron chi connectivity index (χ2n) is 8.30. The fraction of sp³-hybridized carbons (Fsp3) is 0.200. The molecule has 36 heavy (non-hydrogen) atoms. The van der Waals surface area contributed by atoms with E-state index < -0.39 is 0 Å². The Morgan fingerprint density at radius 1 is 0.500 bits per heavy atom. The lowest BCUT2D eigenvalue weighted by Crippen LogP contribution is -2.05. The van der Waals surface area contributed by atoms with Gasteiger partial charge >= 0.3 is 0 Å². The average molecular weight is 485 g/mol. The molecule has 0 fully saturated rings. The number of hydrogen-bond acceptors (Lipinski definition) is 6. The zero-order valence-corrected chi connectivity index (χ0v) is 21.6. The van der Waals surface area contributed by atoms with Crippen molar-refractivity contribution in [2.75, 3.05) is 39.1 Å². The van der Waals surface area contributed by atoms with Gasteiger partial charge in [0.15, 0.2) is 11.5 Å². The molecule has 0 radical (unpaired) electrons. The minimum absolute atomic E-state index is 0.678. The van der Waals surface area contributed by atoms with Crippen LogP contribution < -0.4 is 29.6 Å². The maximum atomic E-state index is 6.03. The molecular weight excluding hydrogens is 452 g/mol. The van der Waals surface area contributed by atoms with Crippen LogP contribution in [0.3, 0.4) is 0 Å². The molecule has 4 aromatic rings. The van der Waals surface area contributed by atoms with E-state index in [1.165, 1.54) is 0 Å². The Hall–Kier alpha value is -4.32. The van der Waals surface area contributed by atoms with Gasteiger partial charge in [0, 0.05) is 45.8 Å². The smallest absolute Gasteiger partial charge is 0.150 e. The summed E-state index contributed by atoms with van der Waals surface area (Å²) in [4.78, 5) is 0. The first-order valence-corrected chi connectivity index (χ1v) is 11.7. The monoisotopic (exact) mass is 484 g/mol. The number of rotatable bonds is 9. The van der Waals surface area contributed by atoms with Crippen LogP contribution in [0.5, 0.6) is 23.0 Å². The van der Waals surface area contributed by atoms with E-state index in [4.69, 9.17) is 18.9 Å². The molecule has 0 bridgehead atoms. The minimum Gasteiger partial charge on any atom is -0.496 e. The Labute approximate surface area is 212 Å². The van der Waals surface area contributed by atoms with Crippen molar-refractivity contribution >= 4 is 22.7 Å². The van der Waals surface area contributed by atoms with Crippen LogP contribution in [-0.4, -0.2) is 28.4 Å². The van der Waals surface area contributed by atoms with E-state index in [1.54, 1.807) is 28.4 Å². The molecule has 0 aliphatic carbocycles. The highest BCUT2D eigenvalue weighted by atomic mass is 16.5. The summed E-state index contributed by atoms with van der Waals surface area (Å²) in [5.41, 5.74) is 7.01. The van der Waals surface area contributed by atoms with Crippen LogP contribution in [0, 0.1) is 13.8 Å². The van der Waals surface area contributed by atoms with Gasteiger partial charge in [0.25, 0.3) is 0 Å². The number of nitrogens with one attached hydrogen (secondary N) is 2. The summed E-state index contributed by atoms with van der Waals surface area (Å²) in [6.45, 7) is 4.04. The molecule has 6 nitrogen and oxygen atoms in total. The lowest BCUT2D eigenvalue weighted by Gasteiger charge is -2.25. The van der Waals surface area contributed by atoms with Gasteiger partial charge in [0.1, 0.15) is 11.5 Å². The molecule has 0 unspecified atom stereocenters. The molecule has 0 atom stereocenters. The number of ether oxygens (including phenoxy) is 4. The van der Waals surface area contributed by atoms with Crippen LogP contribution in [-0.2, 0) is 0 Å². The number of methoxy groups -OCH3 is 4. The van der Waals surface area contributed by atoms with Crippen LogP contribution in [0.2, 0.25) is 0 Å². The minimum atomic E-state index is 0.678. The molecular formula is C30H32N2O4. The molecule has 0 saturated carbocycles. The highest BCUT2D eigenvalue weighted by Crippen LogP contribution is 2.52. The number of hydrogen-bond donors (Lipinski definition) is 2. The molecule has 0 aliphatic rings. The van der Waals surface area contributed by atoms with E-state index in [0.29, 0.717) is 11.5 Å². The first kappa shape index (κ1) is 24.8. The van der Waals surface area contributed by atoms with Crippen LogP contribution in [0.25, 0.3) is 11.1 Å². The Bertz CT molecular complexity index is 1230. The van der Waals surface area contributed by atoms with Gasteiger partial charge < -0.3 is 29.6 Å². The van der Waals surface area contributed by atoms with E-state index in [2.05, 4.69) is 10.6 Å². The SMILES string of the molecule is COc1cc(Nc2ccccc2)c(OC)c(-c2c(C)c(OC)cc(Nc3ccccc3)c2OC)c1C. The summed E-state index contributed by atoms with van der Waals surface area (Å²) in [5, 5.41) is 6.97. The van der Waals surface area contributed by atoms with E-state index in [9.17, 15) is 0 Å². The topological polar surface area (TPSA) is 61.0 Å². The molecule has 0 amide bonds. The van der Waals surface area contributed by atoms with E-state index in [-0.39, 0.29) is 0 Å². The summed E-state index contributed by atoms with van der Waals surface area (Å²) in [7, 11) is 6.68. The first-order valence-electron chi connectivity index (χ1n) is 11.7. The highest BCUT2D eigenvalue weighted by Gasteiger charge is 2.26. The number of para-hydroxylation sites is 2. The maximum Gasteiger partial charge on any atom is 0.150 e. The van der Waals surface area contributed by atoms with Crippen molar-refractivity contribution in [2.45, 2.75) is 13.8 Å². The molecule has 4 rings (SSSR count). The molecule has 4 aromatic carbocycles. The lowest BCUT2D eigenvalue weighted by atomic mass is 9.91. The van der Waals surface area contributed by atoms with Crippen molar-refractivity contribution in [3.05, 3.63) is 83.9 Å². The Morgan fingerprint density at radius 2 is 0.861 bits per heavy atom. The predicted molar refractivity (Wildman–Crippen MR) is 147 cm³/mol. The van der Waals surface area contributed by atoms with Gasteiger partial charge in [0.05, 0.1) is 39.8 Å². The Morgan fingerprint density at radius 3 is 1.17 bits per heavy atom. The molecule has 0 heterocycles. The van der Waals surface area contributed by atoms with Crippen LogP contribution in [0.15, 0.2) is 72.8 Å². The van der Waals surface area contributed by atoms with E-state index in [0.717, 1.165) is 56.5 Å². The zero-order chi connectivity index (χ0) is 25.7.